The van der Waals surface area contributed by atoms with E-state index < -0.39 is 0 Å². The van der Waals surface area contributed by atoms with E-state index in [4.69, 9.17) is 0 Å². The number of benzene rings is 2. The van der Waals surface area contributed by atoms with Crippen molar-refractivity contribution < 1.29 is 9.90 Å². The summed E-state index contributed by atoms with van der Waals surface area (Å²) in [6.07, 6.45) is 1.02. The first-order valence-electron chi connectivity index (χ1n) is 7.19. The SMILES string of the molecule is CC(C)Cc1ccc(C(=O)NCc2ccc(O)cc2)cc1. The molecule has 0 spiro atoms. The van der Waals surface area contributed by atoms with Crippen LogP contribution in [-0.4, -0.2) is 11.0 Å². The summed E-state index contributed by atoms with van der Waals surface area (Å²) in [7, 11) is 0. The molecule has 0 bridgehead atoms. The summed E-state index contributed by atoms with van der Waals surface area (Å²) in [5.41, 5.74) is 2.87. The largest absolute Gasteiger partial charge is 0.508 e. The lowest BCUT2D eigenvalue weighted by Gasteiger charge is -2.08. The topological polar surface area (TPSA) is 49.3 Å². The number of rotatable bonds is 5. The van der Waals surface area contributed by atoms with Crippen molar-refractivity contribution in [3.63, 3.8) is 0 Å². The van der Waals surface area contributed by atoms with Crippen molar-refractivity contribution in [1.82, 2.24) is 5.32 Å². The molecule has 2 aromatic rings. The third-order valence-electron chi connectivity index (χ3n) is 3.25. The molecule has 3 nitrogen and oxygen atoms in total. The van der Waals surface area contributed by atoms with E-state index in [0.29, 0.717) is 18.0 Å². The predicted octanol–water partition coefficient (Wildman–Crippen LogP) is 3.52. The molecule has 0 saturated heterocycles. The van der Waals surface area contributed by atoms with Crippen LogP contribution in [0.25, 0.3) is 0 Å². The fourth-order valence-electron chi connectivity index (χ4n) is 2.16. The lowest BCUT2D eigenvalue weighted by Crippen LogP contribution is -2.22. The van der Waals surface area contributed by atoms with Crippen LogP contribution < -0.4 is 5.32 Å². The Bertz CT molecular complexity index is 586. The summed E-state index contributed by atoms with van der Waals surface area (Å²) in [4.78, 5) is 12.1. The molecule has 0 aliphatic carbocycles. The third-order valence-corrected chi connectivity index (χ3v) is 3.25. The second-order valence-corrected chi connectivity index (χ2v) is 5.64. The van der Waals surface area contributed by atoms with Crippen LogP contribution in [0.15, 0.2) is 48.5 Å². The molecule has 0 aliphatic rings. The maximum Gasteiger partial charge on any atom is 0.251 e. The van der Waals surface area contributed by atoms with Gasteiger partial charge < -0.3 is 10.4 Å². The van der Waals surface area contributed by atoms with E-state index in [0.717, 1.165) is 12.0 Å². The van der Waals surface area contributed by atoms with Gasteiger partial charge in [-0.05, 0) is 47.7 Å². The number of amides is 1. The maximum absolute atomic E-state index is 12.1. The number of phenolic OH excluding ortho intramolecular Hbond substituents is 1. The second-order valence-electron chi connectivity index (χ2n) is 5.64. The molecule has 0 atom stereocenters. The van der Waals surface area contributed by atoms with Gasteiger partial charge in [-0.2, -0.15) is 0 Å². The molecule has 0 unspecified atom stereocenters. The first-order chi connectivity index (χ1) is 10.0. The van der Waals surface area contributed by atoms with Gasteiger partial charge in [0.1, 0.15) is 5.75 Å². The first kappa shape index (κ1) is 15.1. The van der Waals surface area contributed by atoms with Gasteiger partial charge in [0, 0.05) is 12.1 Å². The summed E-state index contributed by atoms with van der Waals surface area (Å²) < 4.78 is 0. The Kier molecular flexibility index (Phi) is 4.99. The van der Waals surface area contributed by atoms with Gasteiger partial charge in [-0.3, -0.25) is 4.79 Å². The highest BCUT2D eigenvalue weighted by Gasteiger charge is 2.06. The van der Waals surface area contributed by atoms with E-state index in [1.165, 1.54) is 5.56 Å². The van der Waals surface area contributed by atoms with E-state index in [2.05, 4.69) is 19.2 Å². The highest BCUT2D eigenvalue weighted by Crippen LogP contribution is 2.11. The van der Waals surface area contributed by atoms with Crippen LogP contribution in [0, 0.1) is 5.92 Å². The Labute approximate surface area is 125 Å². The van der Waals surface area contributed by atoms with Gasteiger partial charge in [0.05, 0.1) is 0 Å². The molecule has 21 heavy (non-hydrogen) atoms. The standard InChI is InChI=1S/C18H21NO2/c1-13(2)11-14-3-7-16(8-4-14)18(21)19-12-15-5-9-17(20)10-6-15/h3-10,13,20H,11-12H2,1-2H3,(H,19,21). The normalized spacial score (nSPS) is 10.6. The minimum absolute atomic E-state index is 0.0841. The number of carbonyl (C=O) groups is 1. The Hall–Kier alpha value is -2.29. The van der Waals surface area contributed by atoms with Crippen LogP contribution in [0.2, 0.25) is 0 Å². The molecule has 2 aromatic carbocycles. The fourth-order valence-corrected chi connectivity index (χ4v) is 2.16. The Morgan fingerprint density at radius 3 is 2.14 bits per heavy atom. The lowest BCUT2D eigenvalue weighted by atomic mass is 10.0. The highest BCUT2D eigenvalue weighted by molar-refractivity contribution is 5.94. The highest BCUT2D eigenvalue weighted by atomic mass is 16.3. The monoisotopic (exact) mass is 283 g/mol. The van der Waals surface area contributed by atoms with Crippen LogP contribution in [0.3, 0.4) is 0 Å². The number of phenols is 1. The number of carbonyl (C=O) groups excluding carboxylic acids is 1. The minimum Gasteiger partial charge on any atom is -0.508 e. The summed E-state index contributed by atoms with van der Waals surface area (Å²) in [5.74, 6) is 0.754. The van der Waals surface area contributed by atoms with Gasteiger partial charge in [0.15, 0.2) is 0 Å². The quantitative estimate of drug-likeness (QED) is 0.882. The van der Waals surface area contributed by atoms with Crippen LogP contribution >= 0.6 is 0 Å². The molecule has 2 N–H and O–H groups in total. The van der Waals surface area contributed by atoms with Crippen LogP contribution in [0.4, 0.5) is 0 Å². The first-order valence-corrected chi connectivity index (χ1v) is 7.19. The second kappa shape index (κ2) is 6.93. The van der Waals surface area contributed by atoms with Crippen molar-refractivity contribution in [2.75, 3.05) is 0 Å². The summed E-state index contributed by atoms with van der Waals surface area (Å²) in [6.45, 7) is 4.81. The molecule has 110 valence electrons. The van der Waals surface area contributed by atoms with E-state index in [1.54, 1.807) is 24.3 Å². The summed E-state index contributed by atoms with van der Waals surface area (Å²) in [6, 6.07) is 14.6. The Morgan fingerprint density at radius 1 is 1.00 bits per heavy atom. The molecule has 3 heteroatoms. The molecular weight excluding hydrogens is 262 g/mol. The van der Waals surface area contributed by atoms with Crippen LogP contribution in [-0.2, 0) is 13.0 Å². The van der Waals surface area contributed by atoms with E-state index in [9.17, 15) is 9.90 Å². The molecule has 0 radical (unpaired) electrons. The number of hydrogen-bond donors (Lipinski definition) is 2. The zero-order chi connectivity index (χ0) is 15.2. The Balaban J connectivity index is 1.92. The number of nitrogens with one attached hydrogen (secondary N) is 1. The van der Waals surface area contributed by atoms with E-state index >= 15 is 0 Å². The van der Waals surface area contributed by atoms with E-state index in [-0.39, 0.29) is 11.7 Å². The van der Waals surface area contributed by atoms with E-state index in [1.807, 2.05) is 24.3 Å². The van der Waals surface area contributed by atoms with Crippen molar-refractivity contribution in [2.24, 2.45) is 5.92 Å². The van der Waals surface area contributed by atoms with Gasteiger partial charge in [-0.25, -0.2) is 0 Å². The van der Waals surface area contributed by atoms with Crippen LogP contribution in [0.1, 0.15) is 35.3 Å². The van der Waals surface area contributed by atoms with Crippen molar-refractivity contribution in [3.8, 4) is 5.75 Å². The molecule has 0 fully saturated rings. The van der Waals surface area contributed by atoms with Crippen molar-refractivity contribution >= 4 is 5.91 Å². The smallest absolute Gasteiger partial charge is 0.251 e. The summed E-state index contributed by atoms with van der Waals surface area (Å²) >= 11 is 0. The zero-order valence-corrected chi connectivity index (χ0v) is 12.5. The van der Waals surface area contributed by atoms with Gasteiger partial charge in [-0.15, -0.1) is 0 Å². The van der Waals surface area contributed by atoms with Crippen molar-refractivity contribution in [1.29, 1.82) is 0 Å². The molecule has 0 aromatic heterocycles. The fraction of sp³-hybridized carbons (Fsp3) is 0.278. The summed E-state index contributed by atoms with van der Waals surface area (Å²) in [5, 5.41) is 12.1. The third kappa shape index (κ3) is 4.63. The maximum atomic E-state index is 12.1. The molecule has 1 amide bonds. The lowest BCUT2D eigenvalue weighted by molar-refractivity contribution is 0.0951. The van der Waals surface area contributed by atoms with Crippen molar-refractivity contribution in [2.45, 2.75) is 26.8 Å². The zero-order valence-electron chi connectivity index (χ0n) is 12.5. The van der Waals surface area contributed by atoms with Gasteiger partial charge >= 0.3 is 0 Å². The Morgan fingerprint density at radius 2 is 1.57 bits per heavy atom. The number of hydrogen-bond acceptors (Lipinski definition) is 2. The molecule has 0 aliphatic heterocycles. The number of aromatic hydroxyl groups is 1. The minimum atomic E-state index is -0.0841. The average molecular weight is 283 g/mol. The average Bonchev–Trinajstić information content (AvgIpc) is 2.46. The molecule has 2 rings (SSSR count). The molecule has 0 saturated carbocycles. The van der Waals surface area contributed by atoms with Gasteiger partial charge in [-0.1, -0.05) is 38.1 Å². The predicted molar refractivity (Wildman–Crippen MR) is 84.3 cm³/mol. The van der Waals surface area contributed by atoms with Gasteiger partial charge in [0.25, 0.3) is 5.91 Å². The molecular formula is C18H21NO2. The van der Waals surface area contributed by atoms with Crippen LogP contribution in [0.5, 0.6) is 5.75 Å². The molecule has 0 heterocycles. The van der Waals surface area contributed by atoms with Gasteiger partial charge in [0.2, 0.25) is 0 Å². The van der Waals surface area contributed by atoms with Crippen molar-refractivity contribution in [3.05, 3.63) is 65.2 Å².